The molecular formula is C12H16F2. The van der Waals surface area contributed by atoms with Gasteiger partial charge in [-0.2, -0.15) is 0 Å². The van der Waals surface area contributed by atoms with E-state index < -0.39 is 0 Å². The fourth-order valence-corrected chi connectivity index (χ4v) is 1.46. The van der Waals surface area contributed by atoms with Gasteiger partial charge in [-0.15, -0.1) is 0 Å². The molecule has 0 fully saturated rings. The summed E-state index contributed by atoms with van der Waals surface area (Å²) < 4.78 is 26.9. The normalized spacial score (nSPS) is 11.4. The van der Waals surface area contributed by atoms with Crippen molar-refractivity contribution in [2.75, 3.05) is 0 Å². The molecule has 0 radical (unpaired) electrons. The Bertz CT molecular complexity index is 294. The van der Waals surface area contributed by atoms with Crippen molar-refractivity contribution in [2.24, 2.45) is 0 Å². The number of rotatable bonds is 2. The van der Waals surface area contributed by atoms with Crippen molar-refractivity contribution in [3.05, 3.63) is 34.9 Å². The maximum atomic E-state index is 13.5. The van der Waals surface area contributed by atoms with Crippen LogP contribution in [0.3, 0.4) is 0 Å². The zero-order valence-electron chi connectivity index (χ0n) is 9.07. The molecule has 0 spiro atoms. The molecule has 1 aromatic rings. The van der Waals surface area contributed by atoms with Gasteiger partial charge >= 0.3 is 0 Å². The van der Waals surface area contributed by atoms with E-state index >= 15 is 0 Å². The zero-order valence-corrected chi connectivity index (χ0v) is 9.07. The Hall–Kier alpha value is -0.920. The van der Waals surface area contributed by atoms with Crippen LogP contribution in [0.15, 0.2) is 12.1 Å². The summed E-state index contributed by atoms with van der Waals surface area (Å²) in [6.07, 6.45) is 0. The molecule has 0 unspecified atom stereocenters. The molecule has 0 bridgehead atoms. The second-order valence-electron chi connectivity index (χ2n) is 4.20. The first-order valence-electron chi connectivity index (χ1n) is 4.92. The molecule has 78 valence electrons. The molecule has 0 saturated heterocycles. The molecule has 0 nitrogen and oxygen atoms in total. The monoisotopic (exact) mass is 198 g/mol. The molecule has 0 N–H and O–H groups in total. The highest BCUT2D eigenvalue weighted by Gasteiger charge is 2.13. The molecule has 1 rings (SSSR count). The maximum absolute atomic E-state index is 13.5. The third kappa shape index (κ3) is 2.11. The summed E-state index contributed by atoms with van der Waals surface area (Å²) in [5.41, 5.74) is 0.902. The lowest BCUT2D eigenvalue weighted by Crippen LogP contribution is -2.00. The Morgan fingerprint density at radius 3 is 1.29 bits per heavy atom. The van der Waals surface area contributed by atoms with Gasteiger partial charge < -0.3 is 0 Å². The molecule has 0 aliphatic rings. The van der Waals surface area contributed by atoms with Gasteiger partial charge in [-0.05, 0) is 35.1 Å². The van der Waals surface area contributed by atoms with Crippen molar-refractivity contribution in [1.82, 2.24) is 0 Å². The highest BCUT2D eigenvalue weighted by atomic mass is 19.1. The fourth-order valence-electron chi connectivity index (χ4n) is 1.46. The van der Waals surface area contributed by atoms with Crippen LogP contribution in [0.1, 0.15) is 50.7 Å². The van der Waals surface area contributed by atoms with Crippen molar-refractivity contribution in [1.29, 1.82) is 0 Å². The molecule has 0 aliphatic heterocycles. The van der Waals surface area contributed by atoms with E-state index in [0.717, 1.165) is 0 Å². The Balaban J connectivity index is 3.24. The minimum Gasteiger partial charge on any atom is -0.207 e. The second kappa shape index (κ2) is 4.07. The molecule has 0 saturated carbocycles. The quantitative estimate of drug-likeness (QED) is 0.667. The molecule has 0 aliphatic carbocycles. The van der Waals surface area contributed by atoms with E-state index in [1.165, 1.54) is 12.1 Å². The number of hydrogen-bond acceptors (Lipinski definition) is 0. The fraction of sp³-hybridized carbons (Fsp3) is 0.500. The molecule has 0 aromatic heterocycles. The Labute approximate surface area is 84.0 Å². The lowest BCUT2D eigenvalue weighted by Gasteiger charge is -2.12. The molecule has 0 amide bonds. The minimum atomic E-state index is -0.301. The third-order valence-electron chi connectivity index (χ3n) is 2.36. The molecule has 0 heterocycles. The van der Waals surface area contributed by atoms with Crippen LogP contribution >= 0.6 is 0 Å². The summed E-state index contributed by atoms with van der Waals surface area (Å²) in [7, 11) is 0. The predicted octanol–water partition coefficient (Wildman–Crippen LogP) is 4.21. The van der Waals surface area contributed by atoms with Crippen molar-refractivity contribution < 1.29 is 8.78 Å². The van der Waals surface area contributed by atoms with Crippen molar-refractivity contribution >= 4 is 0 Å². The average molecular weight is 198 g/mol. The van der Waals surface area contributed by atoms with E-state index in [0.29, 0.717) is 11.1 Å². The minimum absolute atomic E-state index is 0.0192. The largest absolute Gasteiger partial charge is 0.207 e. The lowest BCUT2D eigenvalue weighted by molar-refractivity contribution is 0.557. The van der Waals surface area contributed by atoms with Gasteiger partial charge in [0.05, 0.1) is 0 Å². The SMILES string of the molecule is CC(C)c1cc(F)c(C(C)C)cc1F. The number of hydrogen-bond donors (Lipinski definition) is 0. The standard InChI is InChI=1S/C12H16F2/c1-7(2)9-5-12(14)10(8(3)4)6-11(9)13/h5-8H,1-4H3. The summed E-state index contributed by atoms with van der Waals surface area (Å²) in [4.78, 5) is 0. The van der Waals surface area contributed by atoms with Crippen molar-refractivity contribution in [2.45, 2.75) is 39.5 Å². The average Bonchev–Trinajstić information content (AvgIpc) is 2.07. The highest BCUT2D eigenvalue weighted by Crippen LogP contribution is 2.25. The summed E-state index contributed by atoms with van der Waals surface area (Å²) in [6, 6.07) is 2.63. The Morgan fingerprint density at radius 2 is 1.07 bits per heavy atom. The first-order valence-corrected chi connectivity index (χ1v) is 4.92. The summed E-state index contributed by atoms with van der Waals surface area (Å²) >= 11 is 0. The zero-order chi connectivity index (χ0) is 10.9. The first-order chi connectivity index (χ1) is 6.43. The summed E-state index contributed by atoms with van der Waals surface area (Å²) in [6.45, 7) is 7.42. The Kier molecular flexibility index (Phi) is 3.25. The predicted molar refractivity (Wildman–Crippen MR) is 54.5 cm³/mol. The van der Waals surface area contributed by atoms with Crippen LogP contribution in [0.2, 0.25) is 0 Å². The van der Waals surface area contributed by atoms with Gasteiger partial charge in [0.1, 0.15) is 11.6 Å². The first kappa shape index (κ1) is 11.2. The van der Waals surface area contributed by atoms with E-state index in [2.05, 4.69) is 0 Å². The van der Waals surface area contributed by atoms with Crippen LogP contribution < -0.4 is 0 Å². The van der Waals surface area contributed by atoms with Gasteiger partial charge in [0.25, 0.3) is 0 Å². The van der Waals surface area contributed by atoms with E-state index in [9.17, 15) is 8.78 Å². The summed E-state index contributed by atoms with van der Waals surface area (Å²) in [5.74, 6) is -0.563. The maximum Gasteiger partial charge on any atom is 0.127 e. The van der Waals surface area contributed by atoms with E-state index in [-0.39, 0.29) is 23.5 Å². The smallest absolute Gasteiger partial charge is 0.127 e. The van der Waals surface area contributed by atoms with Crippen molar-refractivity contribution in [3.63, 3.8) is 0 Å². The van der Waals surface area contributed by atoms with Gasteiger partial charge in [-0.25, -0.2) is 8.78 Å². The molecule has 1 aromatic carbocycles. The molecule has 2 heteroatoms. The van der Waals surface area contributed by atoms with Gasteiger partial charge in [0.2, 0.25) is 0 Å². The van der Waals surface area contributed by atoms with Crippen LogP contribution in [-0.4, -0.2) is 0 Å². The molecule has 0 atom stereocenters. The lowest BCUT2D eigenvalue weighted by atomic mass is 9.96. The van der Waals surface area contributed by atoms with Gasteiger partial charge in [-0.1, -0.05) is 27.7 Å². The Morgan fingerprint density at radius 1 is 0.786 bits per heavy atom. The highest BCUT2D eigenvalue weighted by molar-refractivity contribution is 5.29. The van der Waals surface area contributed by atoms with Gasteiger partial charge in [0, 0.05) is 0 Å². The molecule has 14 heavy (non-hydrogen) atoms. The number of halogens is 2. The van der Waals surface area contributed by atoms with E-state index in [4.69, 9.17) is 0 Å². The number of benzene rings is 1. The third-order valence-corrected chi connectivity index (χ3v) is 2.36. The van der Waals surface area contributed by atoms with Crippen LogP contribution in [-0.2, 0) is 0 Å². The van der Waals surface area contributed by atoms with Crippen LogP contribution in [0.4, 0.5) is 8.78 Å². The van der Waals surface area contributed by atoms with Crippen molar-refractivity contribution in [3.8, 4) is 0 Å². The van der Waals surface area contributed by atoms with E-state index in [1.807, 2.05) is 27.7 Å². The van der Waals surface area contributed by atoms with Gasteiger partial charge in [0.15, 0.2) is 0 Å². The van der Waals surface area contributed by atoms with Crippen LogP contribution in [0.5, 0.6) is 0 Å². The van der Waals surface area contributed by atoms with Crippen LogP contribution in [0.25, 0.3) is 0 Å². The van der Waals surface area contributed by atoms with E-state index in [1.54, 1.807) is 0 Å². The van der Waals surface area contributed by atoms with Crippen LogP contribution in [0, 0.1) is 11.6 Å². The molecular weight excluding hydrogens is 182 g/mol. The van der Waals surface area contributed by atoms with Gasteiger partial charge in [-0.3, -0.25) is 0 Å². The second-order valence-corrected chi connectivity index (χ2v) is 4.20. The topological polar surface area (TPSA) is 0 Å². The summed E-state index contributed by atoms with van der Waals surface area (Å²) in [5, 5.41) is 0.